The van der Waals surface area contributed by atoms with Gasteiger partial charge in [-0.3, -0.25) is 9.59 Å². The van der Waals surface area contributed by atoms with Crippen molar-refractivity contribution >= 4 is 21.7 Å². The number of sulfone groups is 1. The SMILES string of the molecule is CCC(C)NC(=O)CS(=O)(=O)CCC(=O)O. The molecule has 16 heavy (non-hydrogen) atoms. The molecule has 0 rings (SSSR count). The number of carboxylic acids is 1. The summed E-state index contributed by atoms with van der Waals surface area (Å²) in [4.78, 5) is 21.4. The lowest BCUT2D eigenvalue weighted by Gasteiger charge is -2.11. The Bertz CT molecular complexity index is 349. The number of hydrogen-bond acceptors (Lipinski definition) is 4. The molecule has 0 heterocycles. The van der Waals surface area contributed by atoms with E-state index in [1.807, 2.05) is 6.92 Å². The Balaban J connectivity index is 4.16. The van der Waals surface area contributed by atoms with Gasteiger partial charge in [-0.05, 0) is 13.3 Å². The van der Waals surface area contributed by atoms with E-state index in [9.17, 15) is 18.0 Å². The Morgan fingerprint density at radius 1 is 1.38 bits per heavy atom. The first-order valence-electron chi connectivity index (χ1n) is 4.98. The van der Waals surface area contributed by atoms with Crippen molar-refractivity contribution in [2.45, 2.75) is 32.7 Å². The third kappa shape index (κ3) is 7.22. The van der Waals surface area contributed by atoms with Gasteiger partial charge in [0.05, 0.1) is 12.2 Å². The number of carbonyl (C=O) groups is 2. The van der Waals surface area contributed by atoms with E-state index in [1.165, 1.54) is 0 Å². The Labute approximate surface area is 95.0 Å². The highest BCUT2D eigenvalue weighted by atomic mass is 32.2. The Hall–Kier alpha value is -1.11. The van der Waals surface area contributed by atoms with Crippen molar-refractivity contribution in [3.63, 3.8) is 0 Å². The fourth-order valence-corrected chi connectivity index (χ4v) is 2.05. The first-order chi connectivity index (χ1) is 7.26. The first-order valence-corrected chi connectivity index (χ1v) is 6.80. The molecular formula is C9H17NO5S. The van der Waals surface area contributed by atoms with Gasteiger partial charge in [-0.25, -0.2) is 8.42 Å². The average molecular weight is 251 g/mol. The lowest BCUT2D eigenvalue weighted by molar-refractivity contribution is -0.136. The van der Waals surface area contributed by atoms with Gasteiger partial charge in [0.2, 0.25) is 5.91 Å². The van der Waals surface area contributed by atoms with E-state index in [1.54, 1.807) is 6.92 Å². The summed E-state index contributed by atoms with van der Waals surface area (Å²) in [6.07, 6.45) is 0.236. The molecule has 0 radical (unpaired) electrons. The van der Waals surface area contributed by atoms with Gasteiger partial charge in [-0.1, -0.05) is 6.92 Å². The van der Waals surface area contributed by atoms with E-state index in [0.717, 1.165) is 0 Å². The van der Waals surface area contributed by atoms with Crippen LogP contribution in [0.4, 0.5) is 0 Å². The average Bonchev–Trinajstić information content (AvgIpc) is 2.13. The number of aliphatic carboxylic acids is 1. The summed E-state index contributed by atoms with van der Waals surface area (Å²) in [6, 6.07) is -0.0813. The normalized spacial score (nSPS) is 13.1. The van der Waals surface area contributed by atoms with Crippen LogP contribution in [0.3, 0.4) is 0 Å². The molecule has 0 fully saturated rings. The fourth-order valence-electron chi connectivity index (χ4n) is 0.933. The third-order valence-electron chi connectivity index (χ3n) is 2.00. The molecule has 0 bridgehead atoms. The second-order valence-corrected chi connectivity index (χ2v) is 5.80. The topological polar surface area (TPSA) is 101 Å². The summed E-state index contributed by atoms with van der Waals surface area (Å²) in [7, 11) is -3.62. The van der Waals surface area contributed by atoms with Crippen molar-refractivity contribution in [1.82, 2.24) is 5.32 Å². The molecule has 0 aromatic carbocycles. The van der Waals surface area contributed by atoms with Crippen molar-refractivity contribution in [2.24, 2.45) is 0 Å². The predicted molar refractivity (Wildman–Crippen MR) is 58.8 cm³/mol. The molecule has 1 unspecified atom stereocenters. The van der Waals surface area contributed by atoms with Gasteiger partial charge in [-0.15, -0.1) is 0 Å². The van der Waals surface area contributed by atoms with E-state index in [-0.39, 0.29) is 6.04 Å². The number of nitrogens with one attached hydrogen (secondary N) is 1. The molecule has 0 aliphatic heterocycles. The summed E-state index contributed by atoms with van der Waals surface area (Å²) in [6.45, 7) is 3.63. The number of carboxylic acid groups (broad SMARTS) is 1. The van der Waals surface area contributed by atoms with Gasteiger partial charge in [0, 0.05) is 6.04 Å². The van der Waals surface area contributed by atoms with Crippen molar-refractivity contribution < 1.29 is 23.1 Å². The van der Waals surface area contributed by atoms with E-state index in [0.29, 0.717) is 6.42 Å². The Morgan fingerprint density at radius 2 is 1.94 bits per heavy atom. The maximum Gasteiger partial charge on any atom is 0.304 e. The van der Waals surface area contributed by atoms with Crippen LogP contribution in [0.15, 0.2) is 0 Å². The van der Waals surface area contributed by atoms with E-state index in [4.69, 9.17) is 5.11 Å². The van der Waals surface area contributed by atoms with Gasteiger partial charge in [-0.2, -0.15) is 0 Å². The van der Waals surface area contributed by atoms with Crippen LogP contribution in [0, 0.1) is 0 Å². The minimum atomic E-state index is -3.62. The van der Waals surface area contributed by atoms with E-state index >= 15 is 0 Å². The molecule has 0 spiro atoms. The minimum Gasteiger partial charge on any atom is -0.481 e. The summed E-state index contributed by atoms with van der Waals surface area (Å²) in [5.74, 6) is -2.92. The Kier molecular flexibility index (Phi) is 6.02. The molecule has 0 aromatic heterocycles. The Morgan fingerprint density at radius 3 is 2.38 bits per heavy atom. The van der Waals surface area contributed by atoms with Crippen molar-refractivity contribution in [3.8, 4) is 0 Å². The molecule has 1 atom stereocenters. The van der Waals surface area contributed by atoms with Crippen LogP contribution < -0.4 is 5.32 Å². The molecule has 1 amide bonds. The third-order valence-corrected chi connectivity index (χ3v) is 3.53. The molecule has 94 valence electrons. The molecule has 6 nitrogen and oxygen atoms in total. The van der Waals surface area contributed by atoms with Crippen LogP contribution in [0.1, 0.15) is 26.7 Å². The number of hydrogen-bond donors (Lipinski definition) is 2. The smallest absolute Gasteiger partial charge is 0.304 e. The summed E-state index contributed by atoms with van der Waals surface area (Å²) >= 11 is 0. The molecular weight excluding hydrogens is 234 g/mol. The van der Waals surface area contributed by atoms with Crippen molar-refractivity contribution in [1.29, 1.82) is 0 Å². The molecule has 0 aliphatic carbocycles. The van der Waals surface area contributed by atoms with E-state index in [2.05, 4.69) is 5.32 Å². The van der Waals surface area contributed by atoms with Gasteiger partial charge in [0.15, 0.2) is 9.84 Å². The monoisotopic (exact) mass is 251 g/mol. The highest BCUT2D eigenvalue weighted by Crippen LogP contribution is 1.96. The molecule has 2 N–H and O–H groups in total. The van der Waals surface area contributed by atoms with Gasteiger partial charge < -0.3 is 10.4 Å². The molecule has 0 saturated carbocycles. The molecule has 7 heteroatoms. The highest BCUT2D eigenvalue weighted by molar-refractivity contribution is 7.92. The zero-order valence-electron chi connectivity index (χ0n) is 9.39. The van der Waals surface area contributed by atoms with Gasteiger partial charge in [0.1, 0.15) is 5.75 Å². The standard InChI is InChI=1S/C9H17NO5S/c1-3-7(2)10-8(11)6-16(14,15)5-4-9(12)13/h7H,3-6H2,1-2H3,(H,10,11)(H,12,13). The van der Waals surface area contributed by atoms with Crippen molar-refractivity contribution in [2.75, 3.05) is 11.5 Å². The van der Waals surface area contributed by atoms with Crippen LogP contribution in [-0.2, 0) is 19.4 Å². The molecule has 0 aliphatic rings. The zero-order valence-corrected chi connectivity index (χ0v) is 10.2. The largest absolute Gasteiger partial charge is 0.481 e. The van der Waals surface area contributed by atoms with Crippen molar-refractivity contribution in [3.05, 3.63) is 0 Å². The minimum absolute atomic E-state index is 0.0813. The highest BCUT2D eigenvalue weighted by Gasteiger charge is 2.18. The lowest BCUT2D eigenvalue weighted by atomic mass is 10.3. The number of rotatable bonds is 7. The van der Waals surface area contributed by atoms with E-state index < -0.39 is 39.6 Å². The maximum absolute atomic E-state index is 11.3. The van der Waals surface area contributed by atoms with Crippen LogP contribution in [-0.4, -0.2) is 42.9 Å². The lowest BCUT2D eigenvalue weighted by Crippen LogP contribution is -2.37. The molecule has 0 aromatic rings. The first kappa shape index (κ1) is 14.9. The number of amides is 1. The maximum atomic E-state index is 11.3. The fraction of sp³-hybridized carbons (Fsp3) is 0.778. The van der Waals surface area contributed by atoms with Crippen LogP contribution in [0.2, 0.25) is 0 Å². The van der Waals surface area contributed by atoms with Crippen LogP contribution in [0.25, 0.3) is 0 Å². The number of carbonyl (C=O) groups excluding carboxylic acids is 1. The van der Waals surface area contributed by atoms with Crippen LogP contribution >= 0.6 is 0 Å². The quantitative estimate of drug-likeness (QED) is 0.652. The second-order valence-electron chi connectivity index (χ2n) is 3.61. The van der Waals surface area contributed by atoms with Gasteiger partial charge >= 0.3 is 5.97 Å². The summed E-state index contributed by atoms with van der Waals surface area (Å²) in [5, 5.41) is 10.8. The van der Waals surface area contributed by atoms with Crippen LogP contribution in [0.5, 0.6) is 0 Å². The summed E-state index contributed by atoms with van der Waals surface area (Å²) < 4.78 is 22.6. The zero-order chi connectivity index (χ0) is 12.8. The molecule has 0 saturated heterocycles. The summed E-state index contributed by atoms with van der Waals surface area (Å²) in [5.41, 5.74) is 0. The predicted octanol–water partition coefficient (Wildman–Crippen LogP) is -0.209. The van der Waals surface area contributed by atoms with Gasteiger partial charge in [0.25, 0.3) is 0 Å². The second kappa shape index (κ2) is 6.47.